The molecule has 1 saturated heterocycles. The van der Waals surface area contributed by atoms with Gasteiger partial charge in [-0.3, -0.25) is 9.80 Å². The van der Waals surface area contributed by atoms with Gasteiger partial charge in [-0.1, -0.05) is 29.8 Å². The smallest absolute Gasteiger partial charge is 0.0558 e. The van der Waals surface area contributed by atoms with Gasteiger partial charge in [-0.05, 0) is 67.7 Å². The predicted octanol–water partition coefficient (Wildman–Crippen LogP) is 3.31. The molecule has 1 aromatic rings. The number of hydrogen-bond acceptors (Lipinski definition) is 4. The lowest BCUT2D eigenvalue weighted by Crippen LogP contribution is -2.48. The molecule has 2 aliphatic carbocycles. The lowest BCUT2D eigenvalue weighted by Gasteiger charge is -2.34. The molecule has 1 aliphatic heterocycles. The molecule has 2 saturated carbocycles. The average Bonchev–Trinajstić information content (AvgIpc) is 3.58. The first-order chi connectivity index (χ1) is 13.8. The molecule has 4 nitrogen and oxygen atoms in total. The van der Waals surface area contributed by atoms with Crippen molar-refractivity contribution in [2.24, 2.45) is 0 Å². The van der Waals surface area contributed by atoms with Gasteiger partial charge in [0, 0.05) is 45.8 Å². The van der Waals surface area contributed by atoms with E-state index in [0.29, 0.717) is 0 Å². The molecule has 1 heterocycles. The summed E-state index contributed by atoms with van der Waals surface area (Å²) in [5.74, 6) is 1.63. The van der Waals surface area contributed by atoms with Crippen LogP contribution in [0.3, 0.4) is 0 Å². The Balaban J connectivity index is 1.16. The van der Waals surface area contributed by atoms with Crippen molar-refractivity contribution in [3.63, 3.8) is 0 Å². The van der Waals surface area contributed by atoms with E-state index in [2.05, 4.69) is 45.6 Å². The third-order valence-electron chi connectivity index (χ3n) is 6.84. The summed E-state index contributed by atoms with van der Waals surface area (Å²) in [5, 5.41) is 12.6. The maximum Gasteiger partial charge on any atom is 0.0558 e. The topological polar surface area (TPSA) is 38.7 Å². The van der Waals surface area contributed by atoms with Gasteiger partial charge in [-0.2, -0.15) is 0 Å². The van der Waals surface area contributed by atoms with E-state index in [1.807, 2.05) is 0 Å². The second-order valence-corrected chi connectivity index (χ2v) is 8.84. The molecule has 2 N–H and O–H groups in total. The normalized spacial score (nSPS) is 24.3. The van der Waals surface area contributed by atoms with Crippen molar-refractivity contribution in [1.29, 1.82) is 0 Å². The Bertz CT molecular complexity index is 637. The van der Waals surface area contributed by atoms with E-state index in [-0.39, 0.29) is 6.61 Å². The van der Waals surface area contributed by atoms with Gasteiger partial charge < -0.3 is 10.4 Å². The Morgan fingerprint density at radius 1 is 0.857 bits per heavy atom. The highest BCUT2D eigenvalue weighted by atomic mass is 16.3. The van der Waals surface area contributed by atoms with Crippen LogP contribution in [0.4, 0.5) is 0 Å². The number of rotatable bonds is 8. The van der Waals surface area contributed by atoms with Crippen molar-refractivity contribution >= 4 is 0 Å². The molecule has 0 atom stereocenters. The van der Waals surface area contributed by atoms with Gasteiger partial charge in [0.1, 0.15) is 0 Å². The molecule has 0 spiro atoms. The molecule has 0 radical (unpaired) electrons. The van der Waals surface area contributed by atoms with Crippen LogP contribution in [0.5, 0.6) is 0 Å². The van der Waals surface area contributed by atoms with Gasteiger partial charge in [0.2, 0.25) is 0 Å². The quantitative estimate of drug-likeness (QED) is 0.676. The number of allylic oxidation sites excluding steroid dienone is 1. The Morgan fingerprint density at radius 3 is 2.00 bits per heavy atom. The predicted molar refractivity (Wildman–Crippen MR) is 116 cm³/mol. The van der Waals surface area contributed by atoms with E-state index in [4.69, 9.17) is 5.11 Å². The van der Waals surface area contributed by atoms with Crippen LogP contribution in [0.15, 0.2) is 36.0 Å². The van der Waals surface area contributed by atoms with Gasteiger partial charge in [-0.15, -0.1) is 0 Å². The molecule has 0 bridgehead atoms. The van der Waals surface area contributed by atoms with E-state index >= 15 is 0 Å². The number of benzene rings is 1. The largest absolute Gasteiger partial charge is 0.395 e. The fourth-order valence-corrected chi connectivity index (χ4v) is 4.91. The fraction of sp³-hybridized carbons (Fsp3) is 0.667. The monoisotopic (exact) mass is 383 g/mol. The van der Waals surface area contributed by atoms with E-state index < -0.39 is 0 Å². The van der Waals surface area contributed by atoms with Crippen LogP contribution >= 0.6 is 0 Å². The number of aliphatic hydroxyl groups excluding tert-OH is 1. The van der Waals surface area contributed by atoms with Gasteiger partial charge in [-0.25, -0.2) is 0 Å². The summed E-state index contributed by atoms with van der Waals surface area (Å²) in [4.78, 5) is 4.89. The highest BCUT2D eigenvalue weighted by Crippen LogP contribution is 2.46. The lowest BCUT2D eigenvalue weighted by atomic mass is 9.79. The molecule has 0 aromatic heterocycles. The third kappa shape index (κ3) is 5.37. The van der Waals surface area contributed by atoms with Gasteiger partial charge in [0.15, 0.2) is 0 Å². The Kier molecular flexibility index (Phi) is 7.05. The summed E-state index contributed by atoms with van der Waals surface area (Å²) in [6.07, 6.45) is 10.2. The van der Waals surface area contributed by atoms with E-state index in [1.54, 1.807) is 16.7 Å². The van der Waals surface area contributed by atoms with Crippen LogP contribution in [0.2, 0.25) is 0 Å². The zero-order chi connectivity index (χ0) is 19.2. The minimum Gasteiger partial charge on any atom is -0.395 e. The minimum atomic E-state index is 0.280. The van der Waals surface area contributed by atoms with Crippen LogP contribution in [0.25, 0.3) is 0 Å². The first-order valence-corrected chi connectivity index (χ1v) is 11.4. The Labute approximate surface area is 170 Å². The van der Waals surface area contributed by atoms with Crippen LogP contribution < -0.4 is 5.32 Å². The first-order valence-electron chi connectivity index (χ1n) is 11.4. The number of aliphatic hydroxyl groups is 1. The van der Waals surface area contributed by atoms with E-state index in [1.165, 1.54) is 38.5 Å². The SMILES string of the molecule is OCCN1CCN(CCNC=C2CCC(c3ccccc3C3CC3)CC2)CC1. The van der Waals surface area contributed by atoms with E-state index in [0.717, 1.165) is 57.6 Å². The number of piperazine rings is 1. The van der Waals surface area contributed by atoms with Crippen molar-refractivity contribution in [1.82, 2.24) is 15.1 Å². The molecule has 154 valence electrons. The molecule has 0 amide bonds. The summed E-state index contributed by atoms with van der Waals surface area (Å²) in [7, 11) is 0. The third-order valence-corrected chi connectivity index (χ3v) is 6.84. The van der Waals surface area contributed by atoms with Crippen LogP contribution in [0, 0.1) is 0 Å². The molecule has 3 aliphatic rings. The van der Waals surface area contributed by atoms with Crippen molar-refractivity contribution in [3.8, 4) is 0 Å². The molecule has 0 unspecified atom stereocenters. The molecule has 4 heteroatoms. The second-order valence-electron chi connectivity index (χ2n) is 8.84. The summed E-state index contributed by atoms with van der Waals surface area (Å²) < 4.78 is 0. The average molecular weight is 384 g/mol. The van der Waals surface area contributed by atoms with Crippen molar-refractivity contribution < 1.29 is 5.11 Å². The lowest BCUT2D eigenvalue weighted by molar-refractivity contribution is 0.114. The Hall–Kier alpha value is -1.36. The van der Waals surface area contributed by atoms with E-state index in [9.17, 15) is 0 Å². The van der Waals surface area contributed by atoms with Crippen molar-refractivity contribution in [2.75, 3.05) is 52.4 Å². The fourth-order valence-electron chi connectivity index (χ4n) is 4.91. The highest BCUT2D eigenvalue weighted by Gasteiger charge is 2.29. The molecule has 1 aromatic carbocycles. The van der Waals surface area contributed by atoms with Gasteiger partial charge >= 0.3 is 0 Å². The maximum atomic E-state index is 9.03. The van der Waals surface area contributed by atoms with Gasteiger partial charge in [0.25, 0.3) is 0 Å². The summed E-state index contributed by atoms with van der Waals surface area (Å²) in [5.41, 5.74) is 4.91. The summed E-state index contributed by atoms with van der Waals surface area (Å²) in [6, 6.07) is 9.23. The van der Waals surface area contributed by atoms with Gasteiger partial charge in [0.05, 0.1) is 6.61 Å². The van der Waals surface area contributed by atoms with Crippen molar-refractivity contribution in [3.05, 3.63) is 47.2 Å². The highest BCUT2D eigenvalue weighted by molar-refractivity contribution is 5.36. The second kappa shape index (κ2) is 9.91. The molecular weight excluding hydrogens is 346 g/mol. The molecule has 28 heavy (non-hydrogen) atoms. The number of β-amino-alcohol motifs (C(OH)–C–C–N with tert-alkyl or cyclic N) is 1. The minimum absolute atomic E-state index is 0.280. The first kappa shape index (κ1) is 19.9. The summed E-state index contributed by atoms with van der Waals surface area (Å²) in [6.45, 7) is 7.69. The number of nitrogens with zero attached hydrogens (tertiary/aromatic N) is 2. The molecule has 4 rings (SSSR count). The van der Waals surface area contributed by atoms with Crippen LogP contribution in [-0.4, -0.2) is 67.3 Å². The zero-order valence-corrected chi connectivity index (χ0v) is 17.3. The standard InChI is InChI=1S/C24H37N3O/c28-18-17-27-15-13-26(14-16-27)12-11-25-19-20-5-7-21(8-6-20)23-3-1-2-4-24(23)22-9-10-22/h1-4,19,21-22,25,28H,5-18H2. The Morgan fingerprint density at radius 2 is 1.43 bits per heavy atom. The zero-order valence-electron chi connectivity index (χ0n) is 17.3. The maximum absolute atomic E-state index is 9.03. The summed E-state index contributed by atoms with van der Waals surface area (Å²) >= 11 is 0. The molecule has 3 fully saturated rings. The molecular formula is C24H37N3O. The van der Waals surface area contributed by atoms with Crippen LogP contribution in [-0.2, 0) is 0 Å². The van der Waals surface area contributed by atoms with Crippen LogP contribution in [0.1, 0.15) is 61.5 Å². The number of nitrogens with one attached hydrogen (secondary N) is 1. The number of hydrogen-bond donors (Lipinski definition) is 2. The van der Waals surface area contributed by atoms with Crippen molar-refractivity contribution in [2.45, 2.75) is 50.4 Å².